The number of aromatic nitrogens is 3. The van der Waals surface area contributed by atoms with Crippen molar-refractivity contribution in [2.24, 2.45) is 0 Å². The molecule has 1 N–H and O–H groups in total. The lowest BCUT2D eigenvalue weighted by atomic mass is 10.2. The molecule has 1 aliphatic rings. The van der Waals surface area contributed by atoms with Gasteiger partial charge in [-0.15, -0.1) is 10.2 Å². The minimum Gasteiger partial charge on any atom is -0.495 e. The summed E-state index contributed by atoms with van der Waals surface area (Å²) in [5, 5.41) is 11.4. The van der Waals surface area contributed by atoms with E-state index >= 15 is 0 Å². The highest BCUT2D eigenvalue weighted by atomic mass is 32.2. The second-order valence-corrected chi connectivity index (χ2v) is 7.10. The van der Waals surface area contributed by atoms with E-state index in [1.165, 1.54) is 11.8 Å². The van der Waals surface area contributed by atoms with Crippen LogP contribution in [0.1, 0.15) is 19.8 Å². The second kappa shape index (κ2) is 8.35. The number of amides is 1. The average Bonchev–Trinajstić information content (AvgIpc) is 3.31. The maximum atomic E-state index is 12.3. The summed E-state index contributed by atoms with van der Waals surface area (Å²) in [4.78, 5) is 12.3. The maximum absolute atomic E-state index is 12.3. The Hall–Kier alpha value is -2.06. The lowest BCUT2D eigenvalue weighted by Crippen LogP contribution is -2.36. The number of nitrogens with one attached hydrogen (secondary N) is 1. The molecule has 0 unspecified atom stereocenters. The monoisotopic (exact) mass is 362 g/mol. The predicted molar refractivity (Wildman–Crippen MR) is 95.2 cm³/mol. The molecule has 1 aromatic carbocycles. The van der Waals surface area contributed by atoms with E-state index in [4.69, 9.17) is 9.47 Å². The molecule has 0 bridgehead atoms. The second-order valence-electron chi connectivity index (χ2n) is 5.80. The Morgan fingerprint density at radius 1 is 1.52 bits per heavy atom. The maximum Gasteiger partial charge on any atom is 0.233 e. The van der Waals surface area contributed by atoms with Crippen LogP contribution >= 0.6 is 11.8 Å². The first-order valence-electron chi connectivity index (χ1n) is 8.28. The van der Waals surface area contributed by atoms with Gasteiger partial charge in [0.2, 0.25) is 5.91 Å². The molecule has 1 fully saturated rings. The Morgan fingerprint density at radius 3 is 3.12 bits per heavy atom. The number of rotatable bonds is 7. The summed E-state index contributed by atoms with van der Waals surface area (Å²) in [5.41, 5.74) is 0.837. The van der Waals surface area contributed by atoms with Gasteiger partial charge in [0.05, 0.1) is 24.2 Å². The number of carbonyl (C=O) groups excluding carboxylic acids is 1. The highest BCUT2D eigenvalue weighted by Crippen LogP contribution is 2.28. The first-order valence-corrected chi connectivity index (χ1v) is 9.16. The molecule has 25 heavy (non-hydrogen) atoms. The van der Waals surface area contributed by atoms with Crippen molar-refractivity contribution in [3.8, 4) is 11.4 Å². The molecule has 1 amide bonds. The summed E-state index contributed by atoms with van der Waals surface area (Å²) in [6.07, 6.45) is 3.83. The van der Waals surface area contributed by atoms with Gasteiger partial charge < -0.3 is 14.8 Å². The van der Waals surface area contributed by atoms with Gasteiger partial charge in [-0.1, -0.05) is 23.9 Å². The molecule has 0 spiro atoms. The van der Waals surface area contributed by atoms with E-state index in [2.05, 4.69) is 15.5 Å². The van der Waals surface area contributed by atoms with Crippen molar-refractivity contribution in [3.63, 3.8) is 0 Å². The van der Waals surface area contributed by atoms with E-state index in [9.17, 15) is 4.79 Å². The fourth-order valence-electron chi connectivity index (χ4n) is 2.67. The van der Waals surface area contributed by atoms with Crippen LogP contribution < -0.4 is 10.1 Å². The minimum absolute atomic E-state index is 0.0323. The van der Waals surface area contributed by atoms with Crippen molar-refractivity contribution >= 4 is 17.7 Å². The van der Waals surface area contributed by atoms with Crippen LogP contribution in [0, 0.1) is 0 Å². The van der Waals surface area contributed by atoms with E-state index in [-0.39, 0.29) is 17.3 Å². The van der Waals surface area contributed by atoms with Crippen LogP contribution in [0.15, 0.2) is 35.7 Å². The molecule has 2 heterocycles. The number of nitrogens with zero attached hydrogens (tertiary/aromatic N) is 3. The van der Waals surface area contributed by atoms with Gasteiger partial charge in [-0.05, 0) is 31.9 Å². The van der Waals surface area contributed by atoms with E-state index in [1.54, 1.807) is 13.4 Å². The topological polar surface area (TPSA) is 78.3 Å². The number of ether oxygens (including phenoxy) is 2. The number of para-hydroxylation sites is 2. The highest BCUT2D eigenvalue weighted by Gasteiger charge is 2.21. The quantitative estimate of drug-likeness (QED) is 0.760. The van der Waals surface area contributed by atoms with Gasteiger partial charge >= 0.3 is 0 Å². The van der Waals surface area contributed by atoms with Gasteiger partial charge in [0.1, 0.15) is 12.1 Å². The van der Waals surface area contributed by atoms with Gasteiger partial charge in [0, 0.05) is 13.2 Å². The molecule has 1 aliphatic heterocycles. The summed E-state index contributed by atoms with van der Waals surface area (Å²) in [5.74, 6) is 0.690. The minimum atomic E-state index is -0.293. The van der Waals surface area contributed by atoms with Crippen molar-refractivity contribution in [3.05, 3.63) is 30.6 Å². The molecule has 8 heteroatoms. The Labute approximate surface area is 151 Å². The van der Waals surface area contributed by atoms with Crippen molar-refractivity contribution in [2.75, 3.05) is 20.3 Å². The third-order valence-corrected chi connectivity index (χ3v) is 5.10. The Kier molecular flexibility index (Phi) is 5.93. The zero-order valence-corrected chi connectivity index (χ0v) is 15.2. The molecule has 134 valence electrons. The van der Waals surface area contributed by atoms with Crippen LogP contribution in [0.4, 0.5) is 0 Å². The smallest absolute Gasteiger partial charge is 0.233 e. The van der Waals surface area contributed by atoms with Gasteiger partial charge in [-0.2, -0.15) is 0 Å². The van der Waals surface area contributed by atoms with Crippen molar-refractivity contribution in [1.29, 1.82) is 0 Å². The Bertz CT molecular complexity index is 715. The number of hydrogen-bond acceptors (Lipinski definition) is 6. The molecular weight excluding hydrogens is 340 g/mol. The van der Waals surface area contributed by atoms with E-state index < -0.39 is 0 Å². The van der Waals surface area contributed by atoms with Crippen molar-refractivity contribution in [2.45, 2.75) is 36.3 Å². The molecule has 7 nitrogen and oxygen atoms in total. The van der Waals surface area contributed by atoms with Crippen LogP contribution in [-0.2, 0) is 9.53 Å². The number of hydrogen-bond donors (Lipinski definition) is 1. The summed E-state index contributed by atoms with van der Waals surface area (Å²) in [7, 11) is 1.62. The highest BCUT2D eigenvalue weighted by molar-refractivity contribution is 8.00. The first-order chi connectivity index (χ1) is 12.2. The molecule has 2 aromatic rings. The molecule has 1 saturated heterocycles. The van der Waals surface area contributed by atoms with Crippen LogP contribution in [0.25, 0.3) is 5.69 Å². The lowest BCUT2D eigenvalue weighted by molar-refractivity contribution is -0.120. The number of thioether (sulfide) groups is 1. The fraction of sp³-hybridized carbons (Fsp3) is 0.471. The summed E-state index contributed by atoms with van der Waals surface area (Å²) >= 11 is 1.36. The molecule has 0 saturated carbocycles. The predicted octanol–water partition coefficient (Wildman–Crippen LogP) is 2.05. The summed E-state index contributed by atoms with van der Waals surface area (Å²) in [6.45, 7) is 3.20. The fourth-order valence-corrected chi connectivity index (χ4v) is 3.53. The van der Waals surface area contributed by atoms with Gasteiger partial charge in [0.25, 0.3) is 0 Å². The molecule has 0 aliphatic carbocycles. The third kappa shape index (κ3) is 4.32. The zero-order chi connectivity index (χ0) is 17.6. The molecule has 1 aromatic heterocycles. The third-order valence-electron chi connectivity index (χ3n) is 4.04. The van der Waals surface area contributed by atoms with E-state index in [0.29, 0.717) is 11.7 Å². The zero-order valence-electron chi connectivity index (χ0n) is 14.3. The van der Waals surface area contributed by atoms with Gasteiger partial charge in [-0.3, -0.25) is 9.36 Å². The normalized spacial score (nSPS) is 18.1. The van der Waals surface area contributed by atoms with Gasteiger partial charge in [-0.25, -0.2) is 0 Å². The molecular formula is C17H22N4O3S. The van der Waals surface area contributed by atoms with Gasteiger partial charge in [0.15, 0.2) is 5.16 Å². The number of benzene rings is 1. The van der Waals surface area contributed by atoms with E-state index in [1.807, 2.05) is 35.8 Å². The van der Waals surface area contributed by atoms with Crippen LogP contribution in [-0.4, -0.2) is 52.3 Å². The van der Waals surface area contributed by atoms with E-state index in [0.717, 1.165) is 30.9 Å². The largest absolute Gasteiger partial charge is 0.495 e. The van der Waals surface area contributed by atoms with Crippen LogP contribution in [0.5, 0.6) is 5.75 Å². The first kappa shape index (κ1) is 17.8. The number of carbonyl (C=O) groups is 1. The summed E-state index contributed by atoms with van der Waals surface area (Å²) in [6, 6.07) is 7.63. The Morgan fingerprint density at radius 2 is 2.36 bits per heavy atom. The standard InChI is InChI=1S/C17H22N4O3S/c1-12(16(22)18-10-13-6-5-9-24-13)25-17-20-19-11-21(17)14-7-3-4-8-15(14)23-2/h3-4,7-8,11-13H,5-6,9-10H2,1-2H3,(H,18,22)/t12-,13-/m1/s1. The van der Waals surface area contributed by atoms with Crippen molar-refractivity contribution < 1.29 is 14.3 Å². The summed E-state index contributed by atoms with van der Waals surface area (Å²) < 4.78 is 12.7. The molecule has 2 atom stereocenters. The average molecular weight is 362 g/mol. The molecule has 3 rings (SSSR count). The lowest BCUT2D eigenvalue weighted by Gasteiger charge is -2.15. The van der Waals surface area contributed by atoms with Crippen LogP contribution in [0.2, 0.25) is 0 Å². The Balaban J connectivity index is 1.65. The molecule has 0 radical (unpaired) electrons. The van der Waals surface area contributed by atoms with Crippen molar-refractivity contribution in [1.82, 2.24) is 20.1 Å². The number of methoxy groups -OCH3 is 1. The van der Waals surface area contributed by atoms with Crippen LogP contribution in [0.3, 0.4) is 0 Å². The SMILES string of the molecule is COc1ccccc1-n1cnnc1S[C@H](C)C(=O)NC[C@H]1CCCO1.